The number of carboxylic acids is 1. The Morgan fingerprint density at radius 1 is 1.78 bits per heavy atom. The Hall–Kier alpha value is -0.260. The maximum absolute atomic E-state index is 10.00. The van der Waals surface area contributed by atoms with Crippen LogP contribution in [0, 0.1) is 0 Å². The molecule has 0 saturated heterocycles. The molecule has 0 atom stereocenters. The maximum Gasteiger partial charge on any atom is 0.317 e. The van der Waals surface area contributed by atoms with E-state index >= 15 is 0 Å². The van der Waals surface area contributed by atoms with Crippen LogP contribution in [0.25, 0.3) is 0 Å². The number of nitrogens with zero attached hydrogens (tertiary/aromatic N) is 1. The minimum Gasteiger partial charge on any atom is -0.480 e. The minimum absolute atomic E-state index is 0.0417. The smallest absolute Gasteiger partial charge is 0.317 e. The van der Waals surface area contributed by atoms with Gasteiger partial charge < -0.3 is 10.8 Å². The molecule has 0 unspecified atom stereocenters. The second-order valence-electron chi connectivity index (χ2n) is 1.55. The summed E-state index contributed by atoms with van der Waals surface area (Å²) in [6.45, 7) is 0.190. The second-order valence-corrected chi connectivity index (χ2v) is 1.83. The van der Waals surface area contributed by atoms with Crippen molar-refractivity contribution in [3.8, 4) is 0 Å². The highest BCUT2D eigenvalue weighted by molar-refractivity contribution is 7.80. The van der Waals surface area contributed by atoms with E-state index in [4.69, 9.17) is 10.8 Å². The van der Waals surface area contributed by atoms with Crippen molar-refractivity contribution in [3.63, 3.8) is 0 Å². The molecule has 9 heavy (non-hydrogen) atoms. The first-order chi connectivity index (χ1) is 4.20. The van der Waals surface area contributed by atoms with Crippen molar-refractivity contribution in [3.05, 3.63) is 0 Å². The Morgan fingerprint density at radius 2 is 2.33 bits per heavy atom. The van der Waals surface area contributed by atoms with Crippen molar-refractivity contribution >= 4 is 18.6 Å². The summed E-state index contributed by atoms with van der Waals surface area (Å²) in [7, 11) is 0. The van der Waals surface area contributed by atoms with Crippen LogP contribution in [0.3, 0.4) is 0 Å². The molecule has 0 radical (unpaired) electrons. The molecule has 0 aliphatic carbocycles. The van der Waals surface area contributed by atoms with E-state index in [-0.39, 0.29) is 13.2 Å². The lowest BCUT2D eigenvalue weighted by molar-refractivity contribution is -0.138. The first kappa shape index (κ1) is 8.74. The van der Waals surface area contributed by atoms with Gasteiger partial charge in [0.05, 0.1) is 6.54 Å². The van der Waals surface area contributed by atoms with Crippen molar-refractivity contribution in [1.82, 2.24) is 4.90 Å². The molecule has 0 aromatic heterocycles. The van der Waals surface area contributed by atoms with E-state index in [1.807, 2.05) is 0 Å². The van der Waals surface area contributed by atoms with E-state index in [1.165, 1.54) is 4.90 Å². The van der Waals surface area contributed by atoms with Gasteiger partial charge in [-0.2, -0.15) is 12.6 Å². The highest BCUT2D eigenvalue weighted by Crippen LogP contribution is 1.85. The van der Waals surface area contributed by atoms with Gasteiger partial charge in [-0.3, -0.25) is 9.69 Å². The SMILES string of the molecule is NCN(CS)CC(=O)O. The van der Waals surface area contributed by atoms with Gasteiger partial charge in [-0.15, -0.1) is 0 Å². The molecular weight excluding hydrogens is 140 g/mol. The summed E-state index contributed by atoms with van der Waals surface area (Å²) >= 11 is 3.85. The van der Waals surface area contributed by atoms with Crippen LogP contribution in [0.5, 0.6) is 0 Å². The first-order valence-electron chi connectivity index (χ1n) is 2.45. The van der Waals surface area contributed by atoms with Crippen LogP contribution < -0.4 is 5.73 Å². The molecule has 0 spiro atoms. The monoisotopic (exact) mass is 150 g/mol. The van der Waals surface area contributed by atoms with Crippen molar-refractivity contribution in [1.29, 1.82) is 0 Å². The van der Waals surface area contributed by atoms with Crippen LogP contribution in [0.2, 0.25) is 0 Å². The fourth-order valence-corrected chi connectivity index (χ4v) is 0.579. The average Bonchev–Trinajstić information content (AvgIpc) is 1.82. The Bertz CT molecular complexity index is 94.6. The van der Waals surface area contributed by atoms with Gasteiger partial charge in [0.2, 0.25) is 0 Å². The van der Waals surface area contributed by atoms with E-state index < -0.39 is 5.97 Å². The standard InChI is InChI=1S/C4H10N2O2S/c5-2-6(3-9)1-4(7)8/h9H,1-3,5H2,(H,7,8). The third-order valence-corrected chi connectivity index (χ3v) is 1.22. The van der Waals surface area contributed by atoms with Gasteiger partial charge in [0.1, 0.15) is 0 Å². The minimum atomic E-state index is -0.880. The normalized spacial score (nSPS) is 10.1. The van der Waals surface area contributed by atoms with Crippen LogP contribution in [0.15, 0.2) is 0 Å². The maximum atomic E-state index is 10.00. The molecule has 4 nitrogen and oxygen atoms in total. The zero-order valence-electron chi connectivity index (χ0n) is 4.95. The van der Waals surface area contributed by atoms with Crippen LogP contribution in [0.4, 0.5) is 0 Å². The van der Waals surface area contributed by atoms with E-state index in [1.54, 1.807) is 0 Å². The molecule has 0 aromatic carbocycles. The molecule has 0 aromatic rings. The second kappa shape index (κ2) is 4.60. The van der Waals surface area contributed by atoms with Gasteiger partial charge in [0.15, 0.2) is 0 Å². The van der Waals surface area contributed by atoms with Crippen molar-refractivity contribution in [2.45, 2.75) is 0 Å². The zero-order valence-corrected chi connectivity index (χ0v) is 5.84. The lowest BCUT2D eigenvalue weighted by atomic mass is 10.6. The molecule has 0 aliphatic rings. The largest absolute Gasteiger partial charge is 0.480 e. The Balaban J connectivity index is 3.43. The van der Waals surface area contributed by atoms with E-state index in [0.717, 1.165) is 0 Å². The van der Waals surface area contributed by atoms with Gasteiger partial charge in [-0.25, -0.2) is 0 Å². The molecule has 5 heteroatoms. The number of carbonyl (C=O) groups is 1. The summed E-state index contributed by atoms with van der Waals surface area (Å²) in [4.78, 5) is 11.5. The third kappa shape index (κ3) is 4.26. The lowest BCUT2D eigenvalue weighted by Gasteiger charge is -2.12. The summed E-state index contributed by atoms with van der Waals surface area (Å²) in [6.07, 6.45) is 0. The lowest BCUT2D eigenvalue weighted by Crippen LogP contribution is -2.33. The summed E-state index contributed by atoms with van der Waals surface area (Å²) in [5, 5.41) is 8.21. The van der Waals surface area contributed by atoms with E-state index in [0.29, 0.717) is 5.88 Å². The fourth-order valence-electron chi connectivity index (χ4n) is 0.364. The Kier molecular flexibility index (Phi) is 4.47. The van der Waals surface area contributed by atoms with Crippen molar-refractivity contribution < 1.29 is 9.90 Å². The Labute approximate surface area is 59.0 Å². The number of aliphatic carboxylic acids is 1. The third-order valence-electron chi connectivity index (χ3n) is 0.817. The number of hydrogen-bond donors (Lipinski definition) is 3. The number of hydrogen-bond acceptors (Lipinski definition) is 4. The number of nitrogens with two attached hydrogens (primary N) is 1. The number of rotatable bonds is 4. The van der Waals surface area contributed by atoms with E-state index in [2.05, 4.69) is 12.6 Å². The molecule has 0 amide bonds. The zero-order chi connectivity index (χ0) is 7.28. The molecular formula is C4H10N2O2S. The first-order valence-corrected chi connectivity index (χ1v) is 3.09. The van der Waals surface area contributed by atoms with Gasteiger partial charge in [0, 0.05) is 12.5 Å². The highest BCUT2D eigenvalue weighted by Gasteiger charge is 2.03. The molecule has 0 saturated carbocycles. The van der Waals surface area contributed by atoms with Crippen molar-refractivity contribution in [2.24, 2.45) is 5.73 Å². The van der Waals surface area contributed by atoms with Gasteiger partial charge in [-0.1, -0.05) is 0 Å². The Morgan fingerprint density at radius 3 is 2.44 bits per heavy atom. The molecule has 0 fully saturated rings. The molecule has 0 bridgehead atoms. The van der Waals surface area contributed by atoms with Gasteiger partial charge in [-0.05, 0) is 0 Å². The van der Waals surface area contributed by atoms with Crippen LogP contribution in [-0.4, -0.2) is 35.1 Å². The van der Waals surface area contributed by atoms with Crippen molar-refractivity contribution in [2.75, 3.05) is 19.1 Å². The van der Waals surface area contributed by atoms with Gasteiger partial charge in [0.25, 0.3) is 0 Å². The molecule has 0 aliphatic heterocycles. The van der Waals surface area contributed by atoms with Crippen LogP contribution in [-0.2, 0) is 4.79 Å². The fraction of sp³-hybridized carbons (Fsp3) is 0.750. The number of carboxylic acid groups (broad SMARTS) is 1. The van der Waals surface area contributed by atoms with Crippen LogP contribution in [0.1, 0.15) is 0 Å². The summed E-state index contributed by atoms with van der Waals surface area (Å²) < 4.78 is 0. The number of thiol groups is 1. The predicted octanol–water partition coefficient (Wildman–Crippen LogP) is -0.824. The quantitative estimate of drug-likeness (QED) is 0.362. The average molecular weight is 150 g/mol. The summed E-state index contributed by atoms with van der Waals surface area (Å²) in [5.74, 6) is -0.502. The predicted molar refractivity (Wildman–Crippen MR) is 37.2 cm³/mol. The molecule has 0 heterocycles. The topological polar surface area (TPSA) is 66.6 Å². The summed E-state index contributed by atoms with van der Waals surface area (Å²) in [6, 6.07) is 0. The van der Waals surface area contributed by atoms with E-state index in [9.17, 15) is 4.79 Å². The molecule has 0 rings (SSSR count). The molecule has 54 valence electrons. The summed E-state index contributed by atoms with van der Waals surface area (Å²) in [5.41, 5.74) is 5.15. The van der Waals surface area contributed by atoms with Gasteiger partial charge >= 0.3 is 5.97 Å². The molecule has 3 N–H and O–H groups in total. The van der Waals surface area contributed by atoms with Crippen LogP contribution >= 0.6 is 12.6 Å². The highest BCUT2D eigenvalue weighted by atomic mass is 32.1.